The Morgan fingerprint density at radius 2 is 2.06 bits per heavy atom. The van der Waals surface area contributed by atoms with Crippen LogP contribution < -0.4 is 15.8 Å². The van der Waals surface area contributed by atoms with Crippen molar-refractivity contribution >= 4 is 27.6 Å². The van der Waals surface area contributed by atoms with Crippen molar-refractivity contribution in [1.29, 1.82) is 0 Å². The Morgan fingerprint density at radius 3 is 3.00 bits per heavy atom. The summed E-state index contributed by atoms with van der Waals surface area (Å²) in [5.74, 6) is -0.0409. The van der Waals surface area contributed by atoms with E-state index in [1.54, 1.807) is 6.07 Å². The van der Waals surface area contributed by atoms with Gasteiger partial charge in [0.2, 0.25) is 0 Å². The fourth-order valence-corrected chi connectivity index (χ4v) is 5.37. The molecule has 0 spiro atoms. The van der Waals surface area contributed by atoms with Crippen molar-refractivity contribution in [2.24, 2.45) is 0 Å². The smallest absolute Gasteiger partial charge is 0.170 e. The number of para-hydroxylation sites is 1. The maximum absolute atomic E-state index is 13.4. The third-order valence-electron chi connectivity index (χ3n) is 6.97. The molecule has 170 valence electrons. The minimum atomic E-state index is -0.337. The first kappa shape index (κ1) is 19.6. The van der Waals surface area contributed by atoms with Crippen molar-refractivity contribution in [1.82, 2.24) is 20.6 Å². The van der Waals surface area contributed by atoms with Crippen molar-refractivity contribution in [3.63, 3.8) is 0 Å². The normalized spacial score (nSPS) is 16.7. The third-order valence-corrected chi connectivity index (χ3v) is 6.97. The predicted molar refractivity (Wildman–Crippen MR) is 127 cm³/mol. The maximum Gasteiger partial charge on any atom is 0.170 e. The lowest BCUT2D eigenvalue weighted by molar-refractivity contribution is 0.442. The lowest BCUT2D eigenvalue weighted by atomic mass is 10.0. The first-order valence-corrected chi connectivity index (χ1v) is 11.4. The van der Waals surface area contributed by atoms with E-state index in [1.165, 1.54) is 17.7 Å². The van der Waals surface area contributed by atoms with Crippen LogP contribution in [0.15, 0.2) is 65.3 Å². The second-order valence-electron chi connectivity index (χ2n) is 8.89. The standard InChI is InChI=1S/C26H22FN5O2/c27-17-8-9-18-20(30-34-22(18)13-17)6-2-4-16-7-10-21-24(25(16)33)31-12-11-15-3-1-5-19(23(15)31)26-29-28-14-32(21)26/h1,3,5,7-13,26,28-29,33H,2,4,6,14H2. The molecular formula is C26H22FN5O2. The van der Waals surface area contributed by atoms with Crippen LogP contribution in [0.3, 0.4) is 0 Å². The summed E-state index contributed by atoms with van der Waals surface area (Å²) in [6.07, 6.45) is 4.15. The molecule has 2 aliphatic heterocycles. The van der Waals surface area contributed by atoms with Crippen molar-refractivity contribution in [2.75, 3.05) is 11.6 Å². The summed E-state index contributed by atoms with van der Waals surface area (Å²) in [5, 5.41) is 17.6. The number of rotatable bonds is 4. The van der Waals surface area contributed by atoms with Gasteiger partial charge < -0.3 is 19.1 Å². The largest absolute Gasteiger partial charge is 0.505 e. The summed E-state index contributed by atoms with van der Waals surface area (Å²) < 4.78 is 20.8. The van der Waals surface area contributed by atoms with Gasteiger partial charge in [0.1, 0.15) is 23.4 Å². The number of aromatic hydroxyl groups is 1. The van der Waals surface area contributed by atoms with Gasteiger partial charge in [0.25, 0.3) is 0 Å². The van der Waals surface area contributed by atoms with Gasteiger partial charge in [-0.3, -0.25) is 0 Å². The van der Waals surface area contributed by atoms with Crippen LogP contribution in [0.5, 0.6) is 5.75 Å². The Morgan fingerprint density at radius 1 is 1.12 bits per heavy atom. The molecule has 1 unspecified atom stereocenters. The number of aromatic nitrogens is 2. The number of hydrogen-bond donors (Lipinski definition) is 3. The minimum Gasteiger partial charge on any atom is -0.505 e. The van der Waals surface area contributed by atoms with E-state index in [9.17, 15) is 9.50 Å². The molecule has 34 heavy (non-hydrogen) atoms. The van der Waals surface area contributed by atoms with Crippen LogP contribution in [0.25, 0.3) is 27.6 Å². The first-order valence-electron chi connectivity index (χ1n) is 11.4. The van der Waals surface area contributed by atoms with Crippen molar-refractivity contribution in [3.8, 4) is 11.4 Å². The van der Waals surface area contributed by atoms with Gasteiger partial charge in [-0.2, -0.15) is 0 Å². The Kier molecular flexibility index (Phi) is 4.21. The molecule has 7 nitrogen and oxygen atoms in total. The van der Waals surface area contributed by atoms with Crippen LogP contribution in [0.4, 0.5) is 10.1 Å². The topological polar surface area (TPSA) is 78.5 Å². The minimum absolute atomic E-state index is 0.0193. The summed E-state index contributed by atoms with van der Waals surface area (Å²) in [6, 6.07) is 17.0. The van der Waals surface area contributed by atoms with Gasteiger partial charge in [0, 0.05) is 28.6 Å². The van der Waals surface area contributed by atoms with E-state index in [4.69, 9.17) is 4.52 Å². The summed E-state index contributed by atoms with van der Waals surface area (Å²) in [4.78, 5) is 2.24. The van der Waals surface area contributed by atoms with E-state index >= 15 is 0 Å². The van der Waals surface area contributed by atoms with Gasteiger partial charge in [-0.05, 0) is 49.1 Å². The van der Waals surface area contributed by atoms with Gasteiger partial charge in [-0.15, -0.1) is 0 Å². The number of phenolic OH excluding ortho intramolecular Hbond substituents is 1. The highest BCUT2D eigenvalue weighted by Crippen LogP contribution is 2.45. The molecule has 1 fully saturated rings. The lowest BCUT2D eigenvalue weighted by Crippen LogP contribution is -2.27. The molecule has 1 atom stereocenters. The molecule has 3 aromatic carbocycles. The number of nitrogens with one attached hydrogen (secondary N) is 2. The summed E-state index contributed by atoms with van der Waals surface area (Å²) in [5.41, 5.74) is 12.8. The highest BCUT2D eigenvalue weighted by atomic mass is 19.1. The number of benzene rings is 3. The van der Waals surface area contributed by atoms with Crippen LogP contribution in [0.2, 0.25) is 0 Å². The van der Waals surface area contributed by atoms with E-state index in [0.717, 1.165) is 45.3 Å². The predicted octanol–water partition coefficient (Wildman–Crippen LogP) is 4.68. The Balaban J connectivity index is 1.25. The van der Waals surface area contributed by atoms with E-state index in [-0.39, 0.29) is 12.0 Å². The number of aryl methyl sites for hydroxylation is 2. The van der Waals surface area contributed by atoms with E-state index in [0.29, 0.717) is 30.8 Å². The van der Waals surface area contributed by atoms with Crippen molar-refractivity contribution in [3.05, 3.63) is 83.4 Å². The molecule has 3 N–H and O–H groups in total. The van der Waals surface area contributed by atoms with Crippen molar-refractivity contribution < 1.29 is 14.0 Å². The Bertz CT molecular complexity index is 1570. The molecule has 0 saturated carbocycles. The number of fused-ring (bicyclic) bond motifs is 6. The Labute approximate surface area is 194 Å². The molecule has 7 rings (SSSR count). The SMILES string of the molecule is Oc1c(CCCc2noc3cc(F)ccc23)ccc2c1-n1ccc3cccc(c31)C1NNCN21. The number of halogens is 1. The molecule has 4 heterocycles. The number of hydrogen-bond acceptors (Lipinski definition) is 6. The summed E-state index contributed by atoms with van der Waals surface area (Å²) in [7, 11) is 0. The summed E-state index contributed by atoms with van der Waals surface area (Å²) >= 11 is 0. The monoisotopic (exact) mass is 455 g/mol. The van der Waals surface area contributed by atoms with Crippen LogP contribution >= 0.6 is 0 Å². The average molecular weight is 455 g/mol. The van der Waals surface area contributed by atoms with Crippen molar-refractivity contribution in [2.45, 2.75) is 25.4 Å². The third kappa shape index (κ3) is 2.79. The molecule has 0 radical (unpaired) electrons. The fraction of sp³-hybridized carbons (Fsp3) is 0.192. The molecule has 0 aliphatic carbocycles. The maximum atomic E-state index is 13.4. The van der Waals surface area contributed by atoms with Gasteiger partial charge >= 0.3 is 0 Å². The second-order valence-corrected chi connectivity index (χ2v) is 8.89. The molecule has 0 amide bonds. The average Bonchev–Trinajstić information content (AvgIpc) is 3.57. The molecule has 0 bridgehead atoms. The molecule has 2 aromatic heterocycles. The molecule has 1 saturated heterocycles. The van der Waals surface area contributed by atoms with E-state index < -0.39 is 0 Å². The van der Waals surface area contributed by atoms with Crippen LogP contribution in [0.1, 0.15) is 29.4 Å². The van der Waals surface area contributed by atoms with Crippen LogP contribution in [0, 0.1) is 5.82 Å². The zero-order valence-electron chi connectivity index (χ0n) is 18.3. The van der Waals surface area contributed by atoms with Gasteiger partial charge in [0.05, 0.1) is 23.6 Å². The first-order chi connectivity index (χ1) is 16.7. The van der Waals surface area contributed by atoms with Gasteiger partial charge in [-0.1, -0.05) is 29.4 Å². The number of hydrazine groups is 1. The second kappa shape index (κ2) is 7.31. The zero-order chi connectivity index (χ0) is 22.8. The van der Waals surface area contributed by atoms with E-state index in [1.807, 2.05) is 12.3 Å². The molecular weight excluding hydrogens is 433 g/mol. The fourth-order valence-electron chi connectivity index (χ4n) is 5.37. The molecule has 8 heteroatoms. The highest BCUT2D eigenvalue weighted by molar-refractivity contribution is 5.90. The molecule has 5 aromatic rings. The number of nitrogens with zero attached hydrogens (tertiary/aromatic N) is 3. The highest BCUT2D eigenvalue weighted by Gasteiger charge is 2.34. The lowest BCUT2D eigenvalue weighted by Gasteiger charge is -2.25. The number of anilines is 1. The van der Waals surface area contributed by atoms with Gasteiger partial charge in [0.15, 0.2) is 5.58 Å². The quantitative estimate of drug-likeness (QED) is 0.365. The Hall–Kier alpha value is -3.88. The van der Waals surface area contributed by atoms with Gasteiger partial charge in [-0.25, -0.2) is 15.2 Å². The summed E-state index contributed by atoms with van der Waals surface area (Å²) in [6.45, 7) is 0.636. The van der Waals surface area contributed by atoms with Crippen LogP contribution in [-0.2, 0) is 12.8 Å². The van der Waals surface area contributed by atoms with Crippen LogP contribution in [-0.4, -0.2) is 21.5 Å². The number of phenols is 1. The zero-order valence-corrected chi connectivity index (χ0v) is 18.3. The molecule has 2 aliphatic rings. The van der Waals surface area contributed by atoms with E-state index in [2.05, 4.69) is 55.8 Å².